The van der Waals surface area contributed by atoms with Crippen molar-refractivity contribution in [1.29, 1.82) is 0 Å². The monoisotopic (exact) mass is 175 g/mol. The third kappa shape index (κ3) is 3.84. The van der Waals surface area contributed by atoms with Crippen LogP contribution < -0.4 is 23.1 Å². The molecule has 0 aromatic heterocycles. The molecule has 46 valence electrons. The molecule has 1 aromatic rings. The van der Waals surface area contributed by atoms with E-state index in [9.17, 15) is 0 Å². The molecular weight excluding hydrogens is 166 g/mol. The van der Waals surface area contributed by atoms with Gasteiger partial charge in [-0.3, -0.25) is 0 Å². The molecule has 4 N–H and O–H groups in total. The molecule has 0 heterocycles. The van der Waals surface area contributed by atoms with E-state index in [2.05, 4.69) is 0 Å². The second kappa shape index (κ2) is 6.66. The maximum Gasteiger partial charge on any atom is -0.0623 e. The number of quaternary nitrogens is 1. The first kappa shape index (κ1) is 10.6. The topological polar surface area (TPSA) is 36.5 Å². The van der Waals surface area contributed by atoms with Crippen LogP contribution in [0.5, 0.6) is 0 Å². The Morgan fingerprint density at radius 3 is 0.750 bits per heavy atom. The maximum atomic E-state index is 2.00. The van der Waals surface area contributed by atoms with Crippen molar-refractivity contribution < 1.29 is 17.0 Å². The molecule has 1 nitrogen and oxygen atoms in total. The fourth-order valence-electron chi connectivity index (χ4n) is 0.385. The van der Waals surface area contributed by atoms with Crippen molar-refractivity contribution in [2.45, 2.75) is 0 Å². The van der Waals surface area contributed by atoms with Crippen molar-refractivity contribution in [1.82, 2.24) is 6.15 Å². The summed E-state index contributed by atoms with van der Waals surface area (Å²) < 4.78 is 0. The molecule has 0 atom stereocenters. The van der Waals surface area contributed by atoms with Crippen LogP contribution in [-0.4, -0.2) is 0 Å². The maximum absolute atomic E-state index is 2.00. The van der Waals surface area contributed by atoms with Crippen LogP contribution in [0.3, 0.4) is 0 Å². The van der Waals surface area contributed by atoms with Crippen LogP contribution in [0.4, 0.5) is 0 Å². The number of rotatable bonds is 0. The van der Waals surface area contributed by atoms with Crippen molar-refractivity contribution in [2.24, 2.45) is 0 Å². The predicted molar refractivity (Wildman–Crippen MR) is 32.4 cm³/mol. The van der Waals surface area contributed by atoms with Crippen molar-refractivity contribution >= 4 is 0 Å². The van der Waals surface area contributed by atoms with Crippen LogP contribution in [0, 0.1) is 0 Å². The normalized spacial score (nSPS) is 6.00. The molecule has 0 saturated heterocycles. The molecule has 0 radical (unpaired) electrons. The minimum atomic E-state index is 0. The summed E-state index contributed by atoms with van der Waals surface area (Å²) in [5.41, 5.74) is 0. The van der Waals surface area contributed by atoms with Crippen LogP contribution in [0.2, 0.25) is 0 Å². The summed E-state index contributed by atoms with van der Waals surface area (Å²) in [5, 5.41) is 0. The molecule has 0 unspecified atom stereocenters. The minimum Gasteiger partial charge on any atom is -1.00 e. The standard InChI is InChI=1S/C6H6.BrH.H3N/c1-2-4-6-5-3-1;;/h1-6H;1H;1H3. The lowest BCUT2D eigenvalue weighted by atomic mass is 10.4. The van der Waals surface area contributed by atoms with E-state index < -0.39 is 0 Å². The van der Waals surface area contributed by atoms with Crippen LogP contribution in [0.1, 0.15) is 0 Å². The van der Waals surface area contributed by atoms with Gasteiger partial charge in [-0.05, 0) is 0 Å². The van der Waals surface area contributed by atoms with Gasteiger partial charge in [0.2, 0.25) is 0 Å². The first-order chi connectivity index (χ1) is 3.00. The quantitative estimate of drug-likeness (QED) is 0.530. The predicted octanol–water partition coefficient (Wildman–Crippen LogP) is -0.933. The Bertz CT molecular complexity index is 80.5. The summed E-state index contributed by atoms with van der Waals surface area (Å²) in [4.78, 5) is 0. The Labute approximate surface area is 60.1 Å². The van der Waals surface area contributed by atoms with E-state index in [0.717, 1.165) is 0 Å². The highest BCUT2D eigenvalue weighted by Crippen LogP contribution is 1.79. The molecule has 0 spiro atoms. The fraction of sp³-hybridized carbons (Fsp3) is 0. The summed E-state index contributed by atoms with van der Waals surface area (Å²) in [6, 6.07) is 12.0. The molecule has 2 heteroatoms. The van der Waals surface area contributed by atoms with Crippen LogP contribution in [-0.2, 0) is 0 Å². The Morgan fingerprint density at radius 1 is 0.500 bits per heavy atom. The molecule has 1 aromatic carbocycles. The summed E-state index contributed by atoms with van der Waals surface area (Å²) in [7, 11) is 0. The van der Waals surface area contributed by atoms with Crippen LogP contribution in [0.25, 0.3) is 0 Å². The average Bonchev–Trinajstić information content (AvgIpc) is 1.72. The van der Waals surface area contributed by atoms with Crippen LogP contribution in [0.15, 0.2) is 36.4 Å². The van der Waals surface area contributed by atoms with Gasteiger partial charge >= 0.3 is 0 Å². The van der Waals surface area contributed by atoms with Gasteiger partial charge in [-0.25, -0.2) is 0 Å². The lowest BCUT2D eigenvalue weighted by Gasteiger charge is -1.69. The van der Waals surface area contributed by atoms with Gasteiger partial charge in [0.05, 0.1) is 0 Å². The lowest BCUT2D eigenvalue weighted by molar-refractivity contribution is -0.00000167. The Balaban J connectivity index is 0. The number of hydrogen-bond donors (Lipinski definition) is 1. The van der Waals surface area contributed by atoms with Gasteiger partial charge in [-0.15, -0.1) is 0 Å². The van der Waals surface area contributed by atoms with E-state index in [0.29, 0.717) is 0 Å². The summed E-state index contributed by atoms with van der Waals surface area (Å²) in [6.07, 6.45) is 0. The number of benzene rings is 1. The van der Waals surface area contributed by atoms with Gasteiger partial charge in [0.25, 0.3) is 0 Å². The molecule has 8 heavy (non-hydrogen) atoms. The Morgan fingerprint density at radius 2 is 0.625 bits per heavy atom. The molecule has 0 aliphatic heterocycles. The molecule has 0 saturated carbocycles. The molecule has 0 bridgehead atoms. The Hall–Kier alpha value is -0.340. The van der Waals surface area contributed by atoms with E-state index >= 15 is 0 Å². The van der Waals surface area contributed by atoms with Crippen molar-refractivity contribution in [3.05, 3.63) is 36.4 Å². The first-order valence-electron chi connectivity index (χ1n) is 2.00. The number of hydrogen-bond acceptors (Lipinski definition) is 0. The van der Waals surface area contributed by atoms with Gasteiger partial charge in [0.15, 0.2) is 0 Å². The van der Waals surface area contributed by atoms with Gasteiger partial charge in [0, 0.05) is 0 Å². The van der Waals surface area contributed by atoms with E-state index in [1.54, 1.807) is 0 Å². The first-order valence-corrected chi connectivity index (χ1v) is 2.00. The van der Waals surface area contributed by atoms with Crippen LogP contribution >= 0.6 is 0 Å². The molecular formula is C6H10BrN. The van der Waals surface area contributed by atoms with Crippen molar-refractivity contribution in [3.8, 4) is 0 Å². The highest BCUT2D eigenvalue weighted by Gasteiger charge is 1.57. The molecule has 0 amide bonds. The molecule has 0 aliphatic carbocycles. The molecule has 0 fully saturated rings. The lowest BCUT2D eigenvalue weighted by Crippen LogP contribution is -3.00. The van der Waals surface area contributed by atoms with Crippen molar-refractivity contribution in [2.75, 3.05) is 0 Å². The summed E-state index contributed by atoms with van der Waals surface area (Å²) in [6.45, 7) is 0. The highest BCUT2D eigenvalue weighted by atomic mass is 79.9. The van der Waals surface area contributed by atoms with E-state index in [1.807, 2.05) is 36.4 Å². The van der Waals surface area contributed by atoms with E-state index in [1.165, 1.54) is 0 Å². The second-order valence-electron chi connectivity index (χ2n) is 1.15. The summed E-state index contributed by atoms with van der Waals surface area (Å²) >= 11 is 0. The SMILES string of the molecule is [Br-].[NH4+].c1ccccc1. The third-order valence-electron chi connectivity index (χ3n) is 0.667. The zero-order chi connectivity index (χ0) is 4.24. The van der Waals surface area contributed by atoms with Crippen molar-refractivity contribution in [3.63, 3.8) is 0 Å². The summed E-state index contributed by atoms with van der Waals surface area (Å²) in [5.74, 6) is 0. The average molecular weight is 176 g/mol. The largest absolute Gasteiger partial charge is 1.00 e. The van der Waals surface area contributed by atoms with Gasteiger partial charge in [-0.2, -0.15) is 0 Å². The molecule has 0 aliphatic rings. The fourth-order valence-corrected chi connectivity index (χ4v) is 0.385. The Kier molecular flexibility index (Phi) is 8.83. The zero-order valence-electron chi connectivity index (χ0n) is 4.84. The minimum absolute atomic E-state index is 0. The van der Waals surface area contributed by atoms with Gasteiger partial charge in [0.1, 0.15) is 0 Å². The van der Waals surface area contributed by atoms with Gasteiger partial charge in [-0.1, -0.05) is 36.4 Å². The molecule has 1 rings (SSSR count). The number of halogens is 1. The smallest absolute Gasteiger partial charge is 0.0623 e. The second-order valence-corrected chi connectivity index (χ2v) is 1.15. The van der Waals surface area contributed by atoms with Gasteiger partial charge < -0.3 is 23.1 Å². The van der Waals surface area contributed by atoms with E-state index in [4.69, 9.17) is 0 Å². The highest BCUT2D eigenvalue weighted by molar-refractivity contribution is 4.99. The third-order valence-corrected chi connectivity index (χ3v) is 0.667. The van der Waals surface area contributed by atoms with E-state index in [-0.39, 0.29) is 23.1 Å². The zero-order valence-corrected chi connectivity index (χ0v) is 6.43.